The van der Waals surface area contributed by atoms with Crippen LogP contribution in [0.3, 0.4) is 0 Å². The number of sulfonamides is 1. The van der Waals surface area contributed by atoms with Crippen LogP contribution in [0.5, 0.6) is 0 Å². The van der Waals surface area contributed by atoms with Crippen molar-refractivity contribution in [2.75, 3.05) is 11.5 Å². The Hall–Kier alpha value is -1.05. The van der Waals surface area contributed by atoms with E-state index in [1.165, 1.54) is 12.1 Å². The van der Waals surface area contributed by atoms with Crippen LogP contribution >= 0.6 is 11.8 Å². The first-order valence-corrected chi connectivity index (χ1v) is 9.04. The second kappa shape index (κ2) is 6.15. The first kappa shape index (κ1) is 15.3. The normalized spacial score (nSPS) is 19.1. The highest BCUT2D eigenvalue weighted by atomic mass is 32.2. The van der Waals surface area contributed by atoms with Crippen molar-refractivity contribution in [2.24, 2.45) is 0 Å². The Morgan fingerprint density at radius 3 is 2.80 bits per heavy atom. The summed E-state index contributed by atoms with van der Waals surface area (Å²) in [4.78, 5) is 11.1. The van der Waals surface area contributed by atoms with Crippen LogP contribution in [0.25, 0.3) is 0 Å². The van der Waals surface area contributed by atoms with Gasteiger partial charge in [0.05, 0.1) is 10.5 Å². The van der Waals surface area contributed by atoms with Crippen LogP contribution in [0.2, 0.25) is 0 Å². The Morgan fingerprint density at radius 2 is 2.25 bits per heavy atom. The molecule has 1 aromatic carbocycles. The van der Waals surface area contributed by atoms with E-state index in [0.29, 0.717) is 12.0 Å². The van der Waals surface area contributed by atoms with Gasteiger partial charge in [0.1, 0.15) is 0 Å². The molecule has 5 nitrogen and oxygen atoms in total. The maximum absolute atomic E-state index is 12.4. The number of hydrogen-bond donors (Lipinski definition) is 2. The number of aryl methyl sites for hydroxylation is 1. The van der Waals surface area contributed by atoms with Crippen molar-refractivity contribution in [3.8, 4) is 0 Å². The number of carbonyl (C=O) groups is 1. The second-order valence-electron chi connectivity index (χ2n) is 4.66. The van der Waals surface area contributed by atoms with E-state index in [2.05, 4.69) is 4.72 Å². The molecule has 1 heterocycles. The van der Waals surface area contributed by atoms with Crippen LogP contribution in [-0.2, 0) is 16.4 Å². The zero-order chi connectivity index (χ0) is 14.8. The van der Waals surface area contributed by atoms with Gasteiger partial charge in [-0.15, -0.1) is 0 Å². The van der Waals surface area contributed by atoms with Crippen molar-refractivity contribution < 1.29 is 18.3 Å². The van der Waals surface area contributed by atoms with Crippen molar-refractivity contribution in [3.05, 3.63) is 29.3 Å². The third kappa shape index (κ3) is 3.34. The molecule has 1 aliphatic heterocycles. The molecule has 1 aliphatic rings. The topological polar surface area (TPSA) is 83.5 Å². The lowest BCUT2D eigenvalue weighted by atomic mass is 10.1. The molecule has 1 atom stereocenters. The van der Waals surface area contributed by atoms with Crippen LogP contribution in [0.15, 0.2) is 23.1 Å². The van der Waals surface area contributed by atoms with Crippen LogP contribution in [0.4, 0.5) is 0 Å². The first-order chi connectivity index (χ1) is 9.44. The molecule has 0 bridgehead atoms. The lowest BCUT2D eigenvalue weighted by Crippen LogP contribution is -2.35. The third-order valence-corrected chi connectivity index (χ3v) is 6.00. The first-order valence-electron chi connectivity index (χ1n) is 6.40. The van der Waals surface area contributed by atoms with E-state index in [-0.39, 0.29) is 16.5 Å². The standard InChI is InChI=1S/C13H17NO4S2/c1-2-9-3-4-10(13(15)16)7-12(9)20(17,18)14-11-5-6-19-8-11/h3-4,7,11,14H,2,5-6,8H2,1H3,(H,15,16). The van der Waals surface area contributed by atoms with E-state index in [0.717, 1.165) is 17.9 Å². The molecule has 2 rings (SSSR count). The number of carboxylic acids is 1. The van der Waals surface area contributed by atoms with E-state index in [4.69, 9.17) is 5.11 Å². The van der Waals surface area contributed by atoms with Gasteiger partial charge in [0.25, 0.3) is 0 Å². The largest absolute Gasteiger partial charge is 0.478 e. The predicted octanol–water partition coefficient (Wildman–Crippen LogP) is 1.73. The van der Waals surface area contributed by atoms with Gasteiger partial charge in [-0.25, -0.2) is 17.9 Å². The van der Waals surface area contributed by atoms with Gasteiger partial charge in [-0.3, -0.25) is 0 Å². The summed E-state index contributed by atoms with van der Waals surface area (Å²) in [6.45, 7) is 1.85. The van der Waals surface area contributed by atoms with Gasteiger partial charge in [-0.05, 0) is 36.3 Å². The molecule has 1 aromatic rings. The highest BCUT2D eigenvalue weighted by Crippen LogP contribution is 2.22. The fraction of sp³-hybridized carbons (Fsp3) is 0.462. The fourth-order valence-electron chi connectivity index (χ4n) is 2.14. The van der Waals surface area contributed by atoms with Crippen molar-refractivity contribution >= 4 is 27.8 Å². The average molecular weight is 315 g/mol. The van der Waals surface area contributed by atoms with Crippen molar-refractivity contribution in [1.29, 1.82) is 0 Å². The number of nitrogens with one attached hydrogen (secondary N) is 1. The van der Waals surface area contributed by atoms with Crippen LogP contribution in [0, 0.1) is 0 Å². The molecule has 0 aromatic heterocycles. The molecule has 7 heteroatoms. The van der Waals surface area contributed by atoms with Gasteiger partial charge < -0.3 is 5.11 Å². The summed E-state index contributed by atoms with van der Waals surface area (Å²) >= 11 is 1.72. The van der Waals surface area contributed by atoms with Crippen molar-refractivity contribution in [1.82, 2.24) is 4.72 Å². The maximum Gasteiger partial charge on any atom is 0.335 e. The van der Waals surface area contributed by atoms with Crippen molar-refractivity contribution in [2.45, 2.75) is 30.7 Å². The molecule has 0 saturated carbocycles. The van der Waals surface area contributed by atoms with E-state index in [1.54, 1.807) is 17.8 Å². The van der Waals surface area contributed by atoms with Crippen molar-refractivity contribution in [3.63, 3.8) is 0 Å². The van der Waals surface area contributed by atoms with Crippen LogP contribution < -0.4 is 4.72 Å². The molecule has 0 aliphatic carbocycles. The maximum atomic E-state index is 12.4. The predicted molar refractivity (Wildman–Crippen MR) is 78.8 cm³/mol. The number of hydrogen-bond acceptors (Lipinski definition) is 4. The highest BCUT2D eigenvalue weighted by molar-refractivity contribution is 7.99. The number of benzene rings is 1. The summed E-state index contributed by atoms with van der Waals surface area (Å²) in [5.74, 6) is 0.586. The Labute approximate surface area is 122 Å². The lowest BCUT2D eigenvalue weighted by Gasteiger charge is -2.15. The molecule has 20 heavy (non-hydrogen) atoms. The van der Waals surface area contributed by atoms with E-state index in [9.17, 15) is 13.2 Å². The zero-order valence-electron chi connectivity index (χ0n) is 11.1. The van der Waals surface area contributed by atoms with Gasteiger partial charge in [0.15, 0.2) is 0 Å². The summed E-state index contributed by atoms with van der Waals surface area (Å²) in [6, 6.07) is 4.18. The molecule has 1 unspecified atom stereocenters. The fourth-order valence-corrected chi connectivity index (χ4v) is 5.00. The molecule has 2 N–H and O–H groups in total. The molecule has 0 amide bonds. The molecule has 1 saturated heterocycles. The molecular weight excluding hydrogens is 298 g/mol. The summed E-state index contributed by atoms with van der Waals surface area (Å²) in [7, 11) is -3.67. The van der Waals surface area contributed by atoms with E-state index < -0.39 is 16.0 Å². The van der Waals surface area contributed by atoms with Crippen LogP contribution in [0.1, 0.15) is 29.3 Å². The summed E-state index contributed by atoms with van der Waals surface area (Å²) in [5, 5.41) is 9.00. The van der Waals surface area contributed by atoms with Gasteiger partial charge in [0.2, 0.25) is 10.0 Å². The number of aromatic carboxylic acids is 1. The van der Waals surface area contributed by atoms with Gasteiger partial charge in [0, 0.05) is 11.8 Å². The Kier molecular flexibility index (Phi) is 4.72. The minimum atomic E-state index is -3.67. The third-order valence-electron chi connectivity index (χ3n) is 3.24. The molecule has 110 valence electrons. The van der Waals surface area contributed by atoms with Crippen LogP contribution in [-0.4, -0.2) is 37.0 Å². The molecule has 0 spiro atoms. The Morgan fingerprint density at radius 1 is 1.50 bits per heavy atom. The minimum Gasteiger partial charge on any atom is -0.478 e. The van der Waals surface area contributed by atoms with Gasteiger partial charge in [-0.1, -0.05) is 13.0 Å². The molecule has 1 fully saturated rings. The van der Waals surface area contributed by atoms with E-state index in [1.807, 2.05) is 6.92 Å². The number of thioether (sulfide) groups is 1. The van der Waals surface area contributed by atoms with E-state index >= 15 is 0 Å². The van der Waals surface area contributed by atoms with Gasteiger partial charge >= 0.3 is 5.97 Å². The zero-order valence-corrected chi connectivity index (χ0v) is 12.8. The monoisotopic (exact) mass is 315 g/mol. The quantitative estimate of drug-likeness (QED) is 0.864. The highest BCUT2D eigenvalue weighted by Gasteiger charge is 2.25. The second-order valence-corrected chi connectivity index (χ2v) is 7.50. The minimum absolute atomic E-state index is 0.0108. The smallest absolute Gasteiger partial charge is 0.335 e. The number of rotatable bonds is 5. The summed E-state index contributed by atoms with van der Waals surface area (Å²) in [5.41, 5.74) is 0.622. The molecule has 0 radical (unpaired) electrons. The molecular formula is C13H17NO4S2. The van der Waals surface area contributed by atoms with Gasteiger partial charge in [-0.2, -0.15) is 11.8 Å². The lowest BCUT2D eigenvalue weighted by molar-refractivity contribution is 0.0696. The Bertz CT molecular complexity index is 607. The summed E-state index contributed by atoms with van der Waals surface area (Å²) in [6.07, 6.45) is 1.35. The summed E-state index contributed by atoms with van der Waals surface area (Å²) < 4.78 is 27.5. The SMILES string of the molecule is CCc1ccc(C(=O)O)cc1S(=O)(=O)NC1CCSC1. The Balaban J connectivity index is 2.37. The number of carboxylic acid groups (broad SMARTS) is 1. The average Bonchev–Trinajstić information content (AvgIpc) is 2.90.